The van der Waals surface area contributed by atoms with Gasteiger partial charge in [0.05, 0.1) is 12.0 Å². The minimum Gasteiger partial charge on any atom is -0.455 e. The molecule has 6 heteroatoms. The van der Waals surface area contributed by atoms with Crippen molar-refractivity contribution in [1.29, 1.82) is 0 Å². The van der Waals surface area contributed by atoms with Crippen LogP contribution in [0.4, 0.5) is 0 Å². The molecule has 0 spiro atoms. The Morgan fingerprint density at radius 3 is 2.36 bits per heavy atom. The molecule has 0 atom stereocenters. The van der Waals surface area contributed by atoms with Crippen LogP contribution in [-0.2, 0) is 24.5 Å². The van der Waals surface area contributed by atoms with E-state index in [9.17, 15) is 14.4 Å². The number of esters is 1. The van der Waals surface area contributed by atoms with Gasteiger partial charge >= 0.3 is 5.97 Å². The largest absolute Gasteiger partial charge is 0.455 e. The maximum absolute atomic E-state index is 12.5. The van der Waals surface area contributed by atoms with E-state index in [0.29, 0.717) is 0 Å². The number of nitrogens with one attached hydrogen (secondary N) is 1. The topological polar surface area (TPSA) is 98.5 Å². The van der Waals surface area contributed by atoms with Crippen molar-refractivity contribution in [3.8, 4) is 0 Å². The average Bonchev–Trinajstić information content (AvgIpc) is 3.02. The van der Waals surface area contributed by atoms with E-state index in [1.807, 2.05) is 30.3 Å². The third-order valence-corrected chi connectivity index (χ3v) is 3.97. The van der Waals surface area contributed by atoms with Crippen molar-refractivity contribution in [3.63, 3.8) is 0 Å². The number of primary amides is 1. The fraction of sp³-hybridized carbons (Fsp3) is 0.438. The van der Waals surface area contributed by atoms with E-state index in [0.717, 1.165) is 31.2 Å². The van der Waals surface area contributed by atoms with Crippen LogP contribution in [0.5, 0.6) is 0 Å². The van der Waals surface area contributed by atoms with Crippen LogP contribution in [0.25, 0.3) is 0 Å². The molecular weight excluding hydrogens is 284 g/mol. The van der Waals surface area contributed by atoms with Crippen LogP contribution in [0.1, 0.15) is 31.2 Å². The second-order valence-electron chi connectivity index (χ2n) is 5.47. The molecule has 0 bridgehead atoms. The Kier molecular flexibility index (Phi) is 5.14. The van der Waals surface area contributed by atoms with Crippen molar-refractivity contribution in [1.82, 2.24) is 5.32 Å². The standard InChI is InChI=1S/C16H20N2O4/c17-13(19)10-18-14(20)11-22-15(21)16(8-4-5-9-16)12-6-2-1-3-7-12/h1-3,6-7H,4-5,8-11H2,(H2,17,19)(H,18,20). The second-order valence-corrected chi connectivity index (χ2v) is 5.47. The highest BCUT2D eigenvalue weighted by Crippen LogP contribution is 2.42. The van der Waals surface area contributed by atoms with Crippen molar-refractivity contribution in [2.24, 2.45) is 5.73 Å². The monoisotopic (exact) mass is 304 g/mol. The van der Waals surface area contributed by atoms with Crippen LogP contribution in [0.2, 0.25) is 0 Å². The van der Waals surface area contributed by atoms with Gasteiger partial charge in [0.1, 0.15) is 0 Å². The minimum atomic E-state index is -0.661. The summed E-state index contributed by atoms with van der Waals surface area (Å²) < 4.78 is 5.17. The number of carbonyl (C=O) groups excluding carboxylic acids is 3. The van der Waals surface area contributed by atoms with E-state index in [4.69, 9.17) is 10.5 Å². The SMILES string of the molecule is NC(=O)CNC(=O)COC(=O)C1(c2ccccc2)CCCC1. The molecule has 1 aromatic carbocycles. The lowest BCUT2D eigenvalue weighted by atomic mass is 9.79. The van der Waals surface area contributed by atoms with Crippen LogP contribution in [-0.4, -0.2) is 30.9 Å². The zero-order valence-corrected chi connectivity index (χ0v) is 12.3. The molecule has 1 saturated carbocycles. The van der Waals surface area contributed by atoms with Gasteiger partial charge < -0.3 is 15.8 Å². The van der Waals surface area contributed by atoms with Gasteiger partial charge in [0.25, 0.3) is 5.91 Å². The van der Waals surface area contributed by atoms with Gasteiger partial charge in [-0.05, 0) is 18.4 Å². The van der Waals surface area contributed by atoms with Gasteiger partial charge in [0.15, 0.2) is 6.61 Å². The van der Waals surface area contributed by atoms with E-state index >= 15 is 0 Å². The van der Waals surface area contributed by atoms with Crippen LogP contribution in [0, 0.1) is 0 Å². The molecule has 0 saturated heterocycles. The van der Waals surface area contributed by atoms with E-state index in [1.54, 1.807) is 0 Å². The van der Waals surface area contributed by atoms with Crippen molar-refractivity contribution in [2.45, 2.75) is 31.1 Å². The summed E-state index contributed by atoms with van der Waals surface area (Å²) in [6, 6.07) is 9.51. The number of ether oxygens (including phenoxy) is 1. The van der Waals surface area contributed by atoms with Gasteiger partial charge in [-0.25, -0.2) is 0 Å². The average molecular weight is 304 g/mol. The number of amides is 2. The highest BCUT2D eigenvalue weighted by molar-refractivity contribution is 5.88. The molecule has 2 rings (SSSR count). The van der Waals surface area contributed by atoms with Crippen molar-refractivity contribution < 1.29 is 19.1 Å². The Bertz CT molecular complexity index is 551. The number of nitrogens with two attached hydrogens (primary N) is 1. The lowest BCUT2D eigenvalue weighted by Crippen LogP contribution is -2.39. The first-order chi connectivity index (χ1) is 10.5. The van der Waals surface area contributed by atoms with Gasteiger partial charge in [-0.1, -0.05) is 43.2 Å². The number of hydrogen-bond donors (Lipinski definition) is 2. The van der Waals surface area contributed by atoms with Crippen molar-refractivity contribution in [3.05, 3.63) is 35.9 Å². The fourth-order valence-corrected chi connectivity index (χ4v) is 2.85. The zero-order valence-electron chi connectivity index (χ0n) is 12.3. The molecule has 0 heterocycles. The van der Waals surface area contributed by atoms with E-state index in [2.05, 4.69) is 5.32 Å². The Morgan fingerprint density at radius 1 is 1.14 bits per heavy atom. The van der Waals surface area contributed by atoms with Crippen LogP contribution >= 0.6 is 0 Å². The maximum atomic E-state index is 12.5. The molecule has 2 amide bonds. The number of benzene rings is 1. The molecule has 0 radical (unpaired) electrons. The maximum Gasteiger partial charge on any atom is 0.317 e. The first-order valence-electron chi connectivity index (χ1n) is 7.32. The van der Waals surface area contributed by atoms with Gasteiger partial charge in [0, 0.05) is 0 Å². The molecule has 1 aliphatic rings. The molecular formula is C16H20N2O4. The van der Waals surface area contributed by atoms with Crippen LogP contribution < -0.4 is 11.1 Å². The van der Waals surface area contributed by atoms with Gasteiger partial charge in [-0.3, -0.25) is 14.4 Å². The lowest BCUT2D eigenvalue weighted by molar-refractivity contribution is -0.154. The van der Waals surface area contributed by atoms with Crippen LogP contribution in [0.3, 0.4) is 0 Å². The first-order valence-corrected chi connectivity index (χ1v) is 7.32. The van der Waals surface area contributed by atoms with E-state index in [1.165, 1.54) is 0 Å². The smallest absolute Gasteiger partial charge is 0.317 e. The molecule has 0 aromatic heterocycles. The molecule has 1 fully saturated rings. The normalized spacial score (nSPS) is 16.0. The second kappa shape index (κ2) is 7.06. The molecule has 3 N–H and O–H groups in total. The summed E-state index contributed by atoms with van der Waals surface area (Å²) in [5, 5.41) is 2.29. The summed E-state index contributed by atoms with van der Waals surface area (Å²) in [6.07, 6.45) is 3.35. The minimum absolute atomic E-state index is 0.264. The first kappa shape index (κ1) is 16.0. The van der Waals surface area contributed by atoms with Crippen molar-refractivity contribution >= 4 is 17.8 Å². The summed E-state index contributed by atoms with van der Waals surface area (Å²) in [4.78, 5) is 34.6. The predicted octanol–water partition coefficient (Wildman–Crippen LogP) is 0.643. The molecule has 22 heavy (non-hydrogen) atoms. The van der Waals surface area contributed by atoms with E-state index in [-0.39, 0.29) is 12.5 Å². The summed E-state index contributed by atoms with van der Waals surface area (Å²) >= 11 is 0. The molecule has 1 aromatic rings. The Labute approximate surface area is 129 Å². The molecule has 118 valence electrons. The van der Waals surface area contributed by atoms with Gasteiger partial charge in [-0.15, -0.1) is 0 Å². The lowest BCUT2D eigenvalue weighted by Gasteiger charge is -2.27. The zero-order chi connectivity index (χ0) is 16.0. The van der Waals surface area contributed by atoms with E-state index < -0.39 is 23.8 Å². The predicted molar refractivity (Wildman–Crippen MR) is 79.8 cm³/mol. The third kappa shape index (κ3) is 3.63. The fourth-order valence-electron chi connectivity index (χ4n) is 2.85. The highest BCUT2D eigenvalue weighted by Gasteiger charge is 2.44. The van der Waals surface area contributed by atoms with Gasteiger partial charge in [-0.2, -0.15) is 0 Å². The summed E-state index contributed by atoms with van der Waals surface area (Å²) in [5.41, 5.74) is 5.20. The number of carbonyl (C=O) groups is 3. The molecule has 6 nitrogen and oxygen atoms in total. The summed E-state index contributed by atoms with van der Waals surface area (Å²) in [5.74, 6) is -1.56. The van der Waals surface area contributed by atoms with Crippen LogP contribution in [0.15, 0.2) is 30.3 Å². The molecule has 1 aliphatic carbocycles. The number of hydrogen-bond acceptors (Lipinski definition) is 4. The highest BCUT2D eigenvalue weighted by atomic mass is 16.5. The Hall–Kier alpha value is -2.37. The Balaban J connectivity index is 1.99. The summed E-state index contributed by atoms with van der Waals surface area (Å²) in [6.45, 7) is -0.666. The molecule has 0 aliphatic heterocycles. The third-order valence-electron chi connectivity index (χ3n) is 3.97. The Morgan fingerprint density at radius 2 is 1.77 bits per heavy atom. The summed E-state index contributed by atoms with van der Waals surface area (Å²) in [7, 11) is 0. The molecule has 0 unspecified atom stereocenters. The van der Waals surface area contributed by atoms with Crippen molar-refractivity contribution in [2.75, 3.05) is 13.2 Å². The number of rotatable bonds is 6. The quantitative estimate of drug-likeness (QED) is 0.754. The van der Waals surface area contributed by atoms with Gasteiger partial charge in [0.2, 0.25) is 5.91 Å².